The number of nitrogens with zero attached hydrogens (tertiary/aromatic N) is 1. The molecule has 2 heterocycles. The van der Waals surface area contributed by atoms with Gasteiger partial charge in [-0.3, -0.25) is 19.3 Å². The Bertz CT molecular complexity index is 941. The van der Waals surface area contributed by atoms with Crippen LogP contribution in [0.2, 0.25) is 0 Å². The number of para-hydroxylation sites is 2. The molecule has 7 nitrogen and oxygen atoms in total. The Morgan fingerprint density at radius 3 is 2.66 bits per heavy atom. The first-order valence-corrected chi connectivity index (χ1v) is 9.74. The summed E-state index contributed by atoms with van der Waals surface area (Å²) < 4.78 is 5.56. The number of carbonyl (C=O) groups excluding carboxylic acids is 3. The average molecular weight is 393 g/mol. The Morgan fingerprint density at radius 2 is 1.90 bits per heavy atom. The van der Waals surface area contributed by atoms with Gasteiger partial charge in [-0.25, -0.2) is 0 Å². The van der Waals surface area contributed by atoms with Crippen LogP contribution in [0, 0.1) is 5.92 Å². The van der Waals surface area contributed by atoms with Gasteiger partial charge in [0.2, 0.25) is 5.91 Å². The molecule has 0 aliphatic carbocycles. The van der Waals surface area contributed by atoms with E-state index < -0.39 is 6.10 Å². The first-order chi connectivity index (χ1) is 14.0. The number of hydrogen-bond acceptors (Lipinski definition) is 4. The van der Waals surface area contributed by atoms with E-state index in [1.165, 1.54) is 4.90 Å². The van der Waals surface area contributed by atoms with Crippen LogP contribution < -0.4 is 15.5 Å². The number of hydrogen-bond donors (Lipinski definition) is 2. The van der Waals surface area contributed by atoms with Crippen molar-refractivity contribution in [2.75, 3.05) is 28.7 Å². The molecule has 0 aromatic heterocycles. The van der Waals surface area contributed by atoms with Crippen LogP contribution in [0.5, 0.6) is 0 Å². The van der Waals surface area contributed by atoms with Crippen molar-refractivity contribution in [3.8, 4) is 0 Å². The highest BCUT2D eigenvalue weighted by Gasteiger charge is 2.28. The van der Waals surface area contributed by atoms with E-state index in [-0.39, 0.29) is 24.3 Å². The van der Waals surface area contributed by atoms with Gasteiger partial charge in [0.05, 0.1) is 11.4 Å². The quantitative estimate of drug-likeness (QED) is 0.839. The summed E-state index contributed by atoms with van der Waals surface area (Å²) in [5.41, 5.74) is 2.32. The molecule has 4 rings (SSSR count). The maximum absolute atomic E-state index is 13.0. The van der Waals surface area contributed by atoms with Crippen molar-refractivity contribution in [2.24, 2.45) is 5.92 Å². The van der Waals surface area contributed by atoms with Crippen LogP contribution >= 0.6 is 0 Å². The third-order valence-corrected chi connectivity index (χ3v) is 5.25. The largest absolute Gasteiger partial charge is 0.368 e. The zero-order valence-corrected chi connectivity index (χ0v) is 16.2. The molecule has 150 valence electrons. The number of carbonyl (C=O) groups is 3. The second-order valence-corrected chi connectivity index (χ2v) is 7.51. The molecule has 2 N–H and O–H groups in total. The molecule has 1 fully saturated rings. The fraction of sp³-hybridized carbons (Fsp3) is 0.318. The maximum Gasteiger partial charge on any atom is 0.258 e. The number of ether oxygens (including phenoxy) is 1. The van der Waals surface area contributed by atoms with Crippen molar-refractivity contribution in [3.63, 3.8) is 0 Å². The van der Waals surface area contributed by atoms with Crippen LogP contribution in [0.3, 0.4) is 0 Å². The summed E-state index contributed by atoms with van der Waals surface area (Å²) in [5, 5.41) is 5.62. The highest BCUT2D eigenvalue weighted by molar-refractivity contribution is 6.15. The SMILES string of the molecule is C[C@H]1CCO[C@H](C(=O)Nc2ccc(C(=O)N3CC(=O)Nc4ccccc43)cc2)C1. The number of nitrogens with one attached hydrogen (secondary N) is 2. The highest BCUT2D eigenvalue weighted by atomic mass is 16.5. The molecule has 0 unspecified atom stereocenters. The number of benzene rings is 2. The van der Waals surface area contributed by atoms with Crippen molar-refractivity contribution in [3.05, 3.63) is 54.1 Å². The van der Waals surface area contributed by atoms with Crippen molar-refractivity contribution >= 4 is 34.8 Å². The Morgan fingerprint density at radius 1 is 1.14 bits per heavy atom. The van der Waals surface area contributed by atoms with Gasteiger partial charge in [0.1, 0.15) is 12.6 Å². The van der Waals surface area contributed by atoms with Crippen LogP contribution in [-0.4, -0.2) is 37.0 Å². The van der Waals surface area contributed by atoms with Crippen molar-refractivity contribution < 1.29 is 19.1 Å². The molecule has 1 saturated heterocycles. The molecule has 2 aromatic carbocycles. The monoisotopic (exact) mass is 393 g/mol. The van der Waals surface area contributed by atoms with E-state index in [0.29, 0.717) is 41.6 Å². The Hall–Kier alpha value is -3.19. The smallest absolute Gasteiger partial charge is 0.258 e. The Balaban J connectivity index is 1.46. The number of rotatable bonds is 3. The van der Waals surface area contributed by atoms with E-state index in [9.17, 15) is 14.4 Å². The van der Waals surface area contributed by atoms with Gasteiger partial charge in [-0.15, -0.1) is 0 Å². The minimum atomic E-state index is -0.441. The summed E-state index contributed by atoms with van der Waals surface area (Å²) in [7, 11) is 0. The summed E-state index contributed by atoms with van der Waals surface area (Å²) in [6.07, 6.45) is 1.24. The molecule has 2 aliphatic rings. The number of fused-ring (bicyclic) bond motifs is 1. The molecular weight excluding hydrogens is 370 g/mol. The molecule has 0 saturated carbocycles. The van der Waals surface area contributed by atoms with Crippen LogP contribution in [0.15, 0.2) is 48.5 Å². The predicted octanol–water partition coefficient (Wildman–Crippen LogP) is 3.04. The Kier molecular flexibility index (Phi) is 5.31. The average Bonchev–Trinajstić information content (AvgIpc) is 2.73. The summed E-state index contributed by atoms with van der Waals surface area (Å²) in [5.74, 6) is -0.210. The lowest BCUT2D eigenvalue weighted by atomic mass is 9.97. The third-order valence-electron chi connectivity index (χ3n) is 5.25. The van der Waals surface area contributed by atoms with E-state index in [1.54, 1.807) is 42.5 Å². The van der Waals surface area contributed by atoms with E-state index in [1.807, 2.05) is 6.07 Å². The van der Waals surface area contributed by atoms with Gasteiger partial charge in [0, 0.05) is 17.9 Å². The standard InChI is InChI=1S/C22H23N3O4/c1-14-10-11-29-19(12-14)21(27)23-16-8-6-15(7-9-16)22(28)25-13-20(26)24-17-4-2-3-5-18(17)25/h2-9,14,19H,10-13H2,1H3,(H,23,27)(H,24,26)/t14-,19-/m0/s1. The minimum Gasteiger partial charge on any atom is -0.368 e. The van der Waals surface area contributed by atoms with Gasteiger partial charge in [0.25, 0.3) is 11.8 Å². The third kappa shape index (κ3) is 4.14. The second kappa shape index (κ2) is 8.05. The molecule has 3 amide bonds. The maximum atomic E-state index is 13.0. The highest BCUT2D eigenvalue weighted by Crippen LogP contribution is 2.30. The van der Waals surface area contributed by atoms with Crippen LogP contribution in [0.4, 0.5) is 17.1 Å². The molecule has 2 aliphatic heterocycles. The van der Waals surface area contributed by atoms with Gasteiger partial charge in [-0.05, 0) is 55.2 Å². The van der Waals surface area contributed by atoms with Crippen LogP contribution in [0.1, 0.15) is 30.1 Å². The van der Waals surface area contributed by atoms with Gasteiger partial charge < -0.3 is 15.4 Å². The van der Waals surface area contributed by atoms with Gasteiger partial charge in [0.15, 0.2) is 0 Å². The molecule has 0 spiro atoms. The van der Waals surface area contributed by atoms with E-state index in [4.69, 9.17) is 4.74 Å². The fourth-order valence-corrected chi connectivity index (χ4v) is 3.63. The predicted molar refractivity (Wildman–Crippen MR) is 110 cm³/mol. The summed E-state index contributed by atoms with van der Waals surface area (Å²) in [4.78, 5) is 38.8. The zero-order chi connectivity index (χ0) is 20.4. The van der Waals surface area contributed by atoms with Crippen molar-refractivity contribution in [1.82, 2.24) is 0 Å². The van der Waals surface area contributed by atoms with Gasteiger partial charge in [-0.1, -0.05) is 19.1 Å². The van der Waals surface area contributed by atoms with Gasteiger partial charge in [-0.2, -0.15) is 0 Å². The summed E-state index contributed by atoms with van der Waals surface area (Å²) in [6.45, 7) is 2.67. The molecule has 7 heteroatoms. The van der Waals surface area contributed by atoms with Gasteiger partial charge >= 0.3 is 0 Å². The first kappa shape index (κ1) is 19.1. The van der Waals surface area contributed by atoms with E-state index in [0.717, 1.165) is 6.42 Å². The number of anilines is 3. The lowest BCUT2D eigenvalue weighted by Gasteiger charge is -2.29. The molecular formula is C22H23N3O4. The second-order valence-electron chi connectivity index (χ2n) is 7.51. The van der Waals surface area contributed by atoms with Crippen LogP contribution in [-0.2, 0) is 14.3 Å². The normalized spacial score (nSPS) is 21.1. The lowest BCUT2D eigenvalue weighted by molar-refractivity contribution is -0.131. The Labute approximate surface area is 169 Å². The fourth-order valence-electron chi connectivity index (χ4n) is 3.63. The van der Waals surface area contributed by atoms with E-state index in [2.05, 4.69) is 17.6 Å². The molecule has 2 atom stereocenters. The summed E-state index contributed by atoms with van der Waals surface area (Å²) in [6, 6.07) is 13.9. The first-order valence-electron chi connectivity index (χ1n) is 9.74. The number of amides is 3. The summed E-state index contributed by atoms with van der Waals surface area (Å²) >= 11 is 0. The van der Waals surface area contributed by atoms with Crippen LogP contribution in [0.25, 0.3) is 0 Å². The topological polar surface area (TPSA) is 87.7 Å². The van der Waals surface area contributed by atoms with Crippen molar-refractivity contribution in [1.29, 1.82) is 0 Å². The minimum absolute atomic E-state index is 0.0362. The molecule has 2 aromatic rings. The molecule has 0 bridgehead atoms. The molecule has 0 radical (unpaired) electrons. The van der Waals surface area contributed by atoms with Crippen molar-refractivity contribution in [2.45, 2.75) is 25.9 Å². The van der Waals surface area contributed by atoms with E-state index >= 15 is 0 Å². The lowest BCUT2D eigenvalue weighted by Crippen LogP contribution is -2.42. The molecule has 29 heavy (non-hydrogen) atoms. The zero-order valence-electron chi connectivity index (χ0n) is 16.2.